The largest absolute Gasteiger partial charge is 0.370 e. The second-order valence-corrected chi connectivity index (χ2v) is 2.74. The Bertz CT molecular complexity index is 170. The minimum absolute atomic E-state index is 0.377. The van der Waals surface area contributed by atoms with Gasteiger partial charge < -0.3 is 5.32 Å². The van der Waals surface area contributed by atoms with Gasteiger partial charge in [0.25, 0.3) is 0 Å². The monoisotopic (exact) mass is 173 g/mol. The number of nitrogens with one attached hydrogen (secondary N) is 1. The maximum absolute atomic E-state index is 5.72. The first kappa shape index (κ1) is 10.6. The Hall–Kier alpha value is -0.430. The fourth-order valence-electron chi connectivity index (χ4n) is 0.943. The molecule has 0 radical (unpaired) electrons. The van der Waals surface area contributed by atoms with E-state index in [0.717, 1.165) is 5.16 Å². The lowest BCUT2D eigenvalue weighted by molar-refractivity contribution is 0.741. The van der Waals surface area contributed by atoms with Crippen LogP contribution in [0.1, 0.15) is 27.7 Å². The summed E-state index contributed by atoms with van der Waals surface area (Å²) in [7, 11) is 0. The SMILES string of the molecule is CC.CC1=CC(C)NC(Cl)=C1. The first-order chi connectivity index (χ1) is 5.18. The summed E-state index contributed by atoms with van der Waals surface area (Å²) in [5.41, 5.74) is 1.23. The fraction of sp³-hybridized carbons (Fsp3) is 0.556. The molecule has 0 aromatic heterocycles. The number of halogens is 1. The van der Waals surface area contributed by atoms with Gasteiger partial charge >= 0.3 is 0 Å². The van der Waals surface area contributed by atoms with E-state index in [0.29, 0.717) is 6.04 Å². The molecule has 1 aliphatic rings. The van der Waals surface area contributed by atoms with Crippen molar-refractivity contribution in [2.24, 2.45) is 0 Å². The summed E-state index contributed by atoms with van der Waals surface area (Å²) < 4.78 is 0. The van der Waals surface area contributed by atoms with Crippen LogP contribution in [0.5, 0.6) is 0 Å². The molecule has 0 aromatic rings. The standard InChI is InChI=1S/C7H10ClN.C2H6/c1-5-3-6(2)9-7(8)4-5;1-2/h3-4,6,9H,1-2H3;1-2H3. The number of dihydropyridines is 1. The quantitative estimate of drug-likeness (QED) is 0.556. The molecular formula is C9H16ClN. The second kappa shape index (κ2) is 5.25. The van der Waals surface area contributed by atoms with Gasteiger partial charge in [0.05, 0.1) is 0 Å². The summed E-state index contributed by atoms with van der Waals surface area (Å²) in [4.78, 5) is 0. The van der Waals surface area contributed by atoms with Gasteiger partial charge in [-0.1, -0.05) is 37.1 Å². The minimum Gasteiger partial charge on any atom is -0.370 e. The van der Waals surface area contributed by atoms with Gasteiger partial charge in [0.15, 0.2) is 0 Å². The first-order valence-corrected chi connectivity index (χ1v) is 4.38. The number of hydrogen-bond donors (Lipinski definition) is 1. The normalized spacial score (nSPS) is 22.1. The van der Waals surface area contributed by atoms with Crippen LogP contribution < -0.4 is 5.32 Å². The summed E-state index contributed by atoms with van der Waals surface area (Å²) in [6.45, 7) is 8.11. The third-order valence-corrected chi connectivity index (χ3v) is 1.45. The molecule has 0 aromatic carbocycles. The molecule has 1 N–H and O–H groups in total. The highest BCUT2D eigenvalue weighted by atomic mass is 35.5. The average molecular weight is 174 g/mol. The van der Waals surface area contributed by atoms with Gasteiger partial charge in [-0.25, -0.2) is 0 Å². The van der Waals surface area contributed by atoms with E-state index in [2.05, 4.69) is 18.3 Å². The molecule has 11 heavy (non-hydrogen) atoms. The molecule has 1 atom stereocenters. The van der Waals surface area contributed by atoms with Crippen LogP contribution in [0.3, 0.4) is 0 Å². The van der Waals surface area contributed by atoms with Crippen LogP contribution in [-0.2, 0) is 0 Å². The summed E-state index contributed by atoms with van der Waals surface area (Å²) >= 11 is 5.72. The molecule has 0 saturated carbocycles. The molecule has 0 amide bonds. The Morgan fingerprint density at radius 1 is 1.45 bits per heavy atom. The predicted octanol–water partition coefficient (Wildman–Crippen LogP) is 3.03. The van der Waals surface area contributed by atoms with Crippen molar-refractivity contribution in [1.29, 1.82) is 0 Å². The van der Waals surface area contributed by atoms with E-state index in [1.165, 1.54) is 5.57 Å². The molecule has 2 heteroatoms. The van der Waals surface area contributed by atoms with Crippen molar-refractivity contribution in [1.82, 2.24) is 5.32 Å². The smallest absolute Gasteiger partial charge is 0.102 e. The molecule has 1 nitrogen and oxygen atoms in total. The van der Waals surface area contributed by atoms with Crippen LogP contribution in [0.4, 0.5) is 0 Å². The highest BCUT2D eigenvalue weighted by Gasteiger charge is 2.03. The Morgan fingerprint density at radius 2 is 2.00 bits per heavy atom. The Labute approximate surface area is 74.1 Å². The molecule has 0 saturated heterocycles. The second-order valence-electron chi connectivity index (χ2n) is 2.34. The lowest BCUT2D eigenvalue weighted by Gasteiger charge is -2.15. The maximum Gasteiger partial charge on any atom is 0.102 e. The molecule has 0 aliphatic carbocycles. The van der Waals surface area contributed by atoms with Crippen molar-refractivity contribution in [2.45, 2.75) is 33.7 Å². The third-order valence-electron chi connectivity index (χ3n) is 1.23. The van der Waals surface area contributed by atoms with Crippen LogP contribution >= 0.6 is 11.6 Å². The molecule has 64 valence electrons. The zero-order valence-corrected chi connectivity index (χ0v) is 8.37. The van der Waals surface area contributed by atoms with Crippen LogP contribution in [0.15, 0.2) is 22.9 Å². The van der Waals surface area contributed by atoms with Gasteiger partial charge in [0.1, 0.15) is 5.16 Å². The third kappa shape index (κ3) is 4.10. The van der Waals surface area contributed by atoms with E-state index >= 15 is 0 Å². The highest BCUT2D eigenvalue weighted by Crippen LogP contribution is 2.11. The summed E-state index contributed by atoms with van der Waals surface area (Å²) in [5, 5.41) is 3.80. The Kier molecular flexibility index (Phi) is 5.05. The molecule has 0 fully saturated rings. The van der Waals surface area contributed by atoms with E-state index in [4.69, 9.17) is 11.6 Å². The zero-order chi connectivity index (χ0) is 8.85. The van der Waals surface area contributed by atoms with Gasteiger partial charge in [-0.2, -0.15) is 0 Å². The first-order valence-electron chi connectivity index (χ1n) is 4.00. The fourth-order valence-corrected chi connectivity index (χ4v) is 1.29. The highest BCUT2D eigenvalue weighted by molar-refractivity contribution is 6.29. The molecule has 1 unspecified atom stereocenters. The molecule has 1 aliphatic heterocycles. The van der Waals surface area contributed by atoms with Crippen LogP contribution in [0, 0.1) is 0 Å². The van der Waals surface area contributed by atoms with Gasteiger partial charge in [0, 0.05) is 6.04 Å². The summed E-state index contributed by atoms with van der Waals surface area (Å²) in [5.74, 6) is 0. The molecule has 0 spiro atoms. The van der Waals surface area contributed by atoms with E-state index in [1.807, 2.05) is 26.8 Å². The van der Waals surface area contributed by atoms with Crippen molar-refractivity contribution < 1.29 is 0 Å². The topological polar surface area (TPSA) is 12.0 Å². The number of allylic oxidation sites excluding steroid dienone is 2. The predicted molar refractivity (Wildman–Crippen MR) is 51.6 cm³/mol. The number of hydrogen-bond acceptors (Lipinski definition) is 1. The van der Waals surface area contributed by atoms with Crippen LogP contribution in [0.25, 0.3) is 0 Å². The van der Waals surface area contributed by atoms with Gasteiger partial charge in [0.2, 0.25) is 0 Å². The van der Waals surface area contributed by atoms with Crippen molar-refractivity contribution >= 4 is 11.6 Å². The summed E-state index contributed by atoms with van der Waals surface area (Å²) in [6.07, 6.45) is 4.05. The van der Waals surface area contributed by atoms with Crippen molar-refractivity contribution in [2.75, 3.05) is 0 Å². The maximum atomic E-state index is 5.72. The van der Waals surface area contributed by atoms with E-state index < -0.39 is 0 Å². The van der Waals surface area contributed by atoms with Crippen molar-refractivity contribution in [3.8, 4) is 0 Å². The van der Waals surface area contributed by atoms with E-state index in [9.17, 15) is 0 Å². The van der Waals surface area contributed by atoms with Gasteiger partial charge in [-0.15, -0.1) is 0 Å². The Morgan fingerprint density at radius 3 is 2.36 bits per heavy atom. The lowest BCUT2D eigenvalue weighted by Crippen LogP contribution is -2.23. The van der Waals surface area contributed by atoms with Crippen LogP contribution in [0.2, 0.25) is 0 Å². The minimum atomic E-state index is 0.377. The molecule has 1 heterocycles. The summed E-state index contributed by atoms with van der Waals surface area (Å²) in [6, 6.07) is 0.377. The lowest BCUT2D eigenvalue weighted by atomic mass is 10.1. The molecule has 1 rings (SSSR count). The number of rotatable bonds is 0. The van der Waals surface area contributed by atoms with Crippen molar-refractivity contribution in [3.05, 3.63) is 22.9 Å². The Balaban J connectivity index is 0.000000461. The molecule has 0 bridgehead atoms. The van der Waals surface area contributed by atoms with Gasteiger partial charge in [-0.05, 0) is 19.9 Å². The zero-order valence-electron chi connectivity index (χ0n) is 7.61. The van der Waals surface area contributed by atoms with E-state index in [-0.39, 0.29) is 0 Å². The van der Waals surface area contributed by atoms with Gasteiger partial charge in [-0.3, -0.25) is 0 Å². The average Bonchev–Trinajstić information content (AvgIpc) is 1.88. The van der Waals surface area contributed by atoms with Crippen molar-refractivity contribution in [3.63, 3.8) is 0 Å². The van der Waals surface area contributed by atoms with Crippen LogP contribution in [-0.4, -0.2) is 6.04 Å². The molecular weight excluding hydrogens is 158 g/mol. The van der Waals surface area contributed by atoms with E-state index in [1.54, 1.807) is 0 Å².